The lowest BCUT2D eigenvalue weighted by Gasteiger charge is -2.02. The molecule has 4 nitrogen and oxygen atoms in total. The van der Waals surface area contributed by atoms with Gasteiger partial charge in [0.05, 0.1) is 17.0 Å². The summed E-state index contributed by atoms with van der Waals surface area (Å²) in [6.07, 6.45) is -0.0134. The molecule has 3 aromatic rings. The van der Waals surface area contributed by atoms with Gasteiger partial charge in [-0.2, -0.15) is 0 Å². The Morgan fingerprint density at radius 2 is 2.05 bits per heavy atom. The molecule has 0 amide bonds. The molecule has 2 aromatic heterocycles. The van der Waals surface area contributed by atoms with E-state index in [0.717, 1.165) is 21.1 Å². The van der Waals surface area contributed by atoms with Gasteiger partial charge in [-0.1, -0.05) is 23.8 Å². The van der Waals surface area contributed by atoms with Crippen LogP contribution in [0.4, 0.5) is 10.8 Å². The van der Waals surface area contributed by atoms with Gasteiger partial charge < -0.3 is 10.4 Å². The van der Waals surface area contributed by atoms with Crippen LogP contribution in [0.5, 0.6) is 0 Å². The molecule has 0 fully saturated rings. The van der Waals surface area contributed by atoms with Gasteiger partial charge in [0, 0.05) is 10.6 Å². The first-order valence-corrected chi connectivity index (χ1v) is 8.40. The monoisotopic (exact) mass is 330 g/mol. The number of carbonyl (C=O) groups is 1. The summed E-state index contributed by atoms with van der Waals surface area (Å²) in [5, 5.41) is 15.0. The summed E-state index contributed by atoms with van der Waals surface area (Å²) < 4.78 is 0. The van der Waals surface area contributed by atoms with Crippen LogP contribution in [0.1, 0.15) is 10.4 Å². The van der Waals surface area contributed by atoms with E-state index >= 15 is 0 Å². The summed E-state index contributed by atoms with van der Waals surface area (Å²) in [7, 11) is 0. The van der Waals surface area contributed by atoms with Gasteiger partial charge in [-0.25, -0.2) is 4.98 Å². The molecule has 0 bridgehead atoms. The first-order valence-electron chi connectivity index (χ1n) is 6.71. The summed E-state index contributed by atoms with van der Waals surface area (Å²) in [5.74, 6) is -0.844. The number of anilines is 2. The standard InChI is InChI=1S/C16H14N2O2S2/c1-10-4-6-11(7-5-10)17-16-18-15(12-3-2-8-21-12)13(22-16)9-14(19)20/h2-8H,9H2,1H3,(H,17,18)(H,19,20). The van der Waals surface area contributed by atoms with E-state index in [-0.39, 0.29) is 6.42 Å². The average Bonchev–Trinajstić information content (AvgIpc) is 3.10. The van der Waals surface area contributed by atoms with E-state index in [2.05, 4.69) is 10.3 Å². The molecule has 112 valence electrons. The van der Waals surface area contributed by atoms with E-state index in [1.165, 1.54) is 16.9 Å². The van der Waals surface area contributed by atoms with Crippen LogP contribution in [0.2, 0.25) is 0 Å². The van der Waals surface area contributed by atoms with Gasteiger partial charge in [-0.05, 0) is 30.5 Å². The highest BCUT2D eigenvalue weighted by atomic mass is 32.1. The molecule has 0 atom stereocenters. The summed E-state index contributed by atoms with van der Waals surface area (Å²) in [6, 6.07) is 11.9. The van der Waals surface area contributed by atoms with Crippen LogP contribution >= 0.6 is 22.7 Å². The minimum atomic E-state index is -0.844. The molecule has 2 N–H and O–H groups in total. The number of nitrogens with one attached hydrogen (secondary N) is 1. The van der Waals surface area contributed by atoms with E-state index in [0.29, 0.717) is 5.13 Å². The van der Waals surface area contributed by atoms with Gasteiger partial charge in [0.2, 0.25) is 0 Å². The van der Waals surface area contributed by atoms with Crippen LogP contribution < -0.4 is 5.32 Å². The third-order valence-electron chi connectivity index (χ3n) is 3.07. The van der Waals surface area contributed by atoms with Crippen molar-refractivity contribution in [2.75, 3.05) is 5.32 Å². The Hall–Kier alpha value is -2.18. The highest BCUT2D eigenvalue weighted by molar-refractivity contribution is 7.17. The highest BCUT2D eigenvalue weighted by Gasteiger charge is 2.16. The Labute approximate surface area is 136 Å². The number of carboxylic acid groups (broad SMARTS) is 1. The Morgan fingerprint density at radius 3 is 2.68 bits per heavy atom. The molecule has 0 unspecified atom stereocenters. The molecule has 0 saturated heterocycles. The molecule has 0 aliphatic carbocycles. The highest BCUT2D eigenvalue weighted by Crippen LogP contribution is 2.35. The molecule has 6 heteroatoms. The smallest absolute Gasteiger partial charge is 0.308 e. The maximum Gasteiger partial charge on any atom is 0.308 e. The zero-order valence-electron chi connectivity index (χ0n) is 11.9. The van der Waals surface area contributed by atoms with E-state index in [4.69, 9.17) is 5.11 Å². The quantitative estimate of drug-likeness (QED) is 0.720. The van der Waals surface area contributed by atoms with Crippen molar-refractivity contribution in [3.63, 3.8) is 0 Å². The predicted octanol–water partition coefficient (Wildman–Crippen LogP) is 4.55. The normalized spacial score (nSPS) is 10.6. The van der Waals surface area contributed by atoms with Crippen molar-refractivity contribution < 1.29 is 9.90 Å². The molecule has 0 saturated carbocycles. The van der Waals surface area contributed by atoms with E-state index in [1.54, 1.807) is 11.3 Å². The maximum absolute atomic E-state index is 11.1. The number of benzene rings is 1. The number of hydrogen-bond donors (Lipinski definition) is 2. The van der Waals surface area contributed by atoms with E-state index in [9.17, 15) is 4.79 Å². The van der Waals surface area contributed by atoms with Gasteiger partial charge in [-0.3, -0.25) is 4.79 Å². The number of thiazole rings is 1. The van der Waals surface area contributed by atoms with Crippen LogP contribution in [-0.2, 0) is 11.2 Å². The fourth-order valence-electron chi connectivity index (χ4n) is 2.03. The molecule has 2 heterocycles. The zero-order valence-corrected chi connectivity index (χ0v) is 13.5. The SMILES string of the molecule is Cc1ccc(Nc2nc(-c3cccs3)c(CC(=O)O)s2)cc1. The molecule has 0 radical (unpaired) electrons. The minimum absolute atomic E-state index is 0.0134. The van der Waals surface area contributed by atoms with Gasteiger partial charge in [0.1, 0.15) is 0 Å². The number of carboxylic acids is 1. The Bertz CT molecular complexity index is 777. The first-order chi connectivity index (χ1) is 10.6. The largest absolute Gasteiger partial charge is 0.481 e. The summed E-state index contributed by atoms with van der Waals surface area (Å²) in [6.45, 7) is 2.03. The van der Waals surface area contributed by atoms with E-state index in [1.807, 2.05) is 48.7 Å². The number of nitrogens with zero attached hydrogens (tertiary/aromatic N) is 1. The fraction of sp³-hybridized carbons (Fsp3) is 0.125. The van der Waals surface area contributed by atoms with Crippen molar-refractivity contribution in [2.45, 2.75) is 13.3 Å². The van der Waals surface area contributed by atoms with Crippen molar-refractivity contribution in [1.82, 2.24) is 4.98 Å². The Morgan fingerprint density at radius 1 is 1.27 bits per heavy atom. The number of thiophene rings is 1. The number of hydrogen-bond acceptors (Lipinski definition) is 5. The van der Waals surface area contributed by atoms with Crippen molar-refractivity contribution in [3.05, 3.63) is 52.2 Å². The van der Waals surface area contributed by atoms with Gasteiger partial charge in [-0.15, -0.1) is 22.7 Å². The van der Waals surface area contributed by atoms with Crippen LogP contribution in [0, 0.1) is 6.92 Å². The molecule has 1 aromatic carbocycles. The number of aliphatic carboxylic acids is 1. The Balaban J connectivity index is 1.92. The van der Waals surface area contributed by atoms with Crippen LogP contribution in [0.15, 0.2) is 41.8 Å². The van der Waals surface area contributed by atoms with Gasteiger partial charge in [0.15, 0.2) is 5.13 Å². The molecule has 0 aliphatic heterocycles. The lowest BCUT2D eigenvalue weighted by molar-refractivity contribution is -0.136. The summed E-state index contributed by atoms with van der Waals surface area (Å²) in [5.41, 5.74) is 2.89. The third-order valence-corrected chi connectivity index (χ3v) is 4.91. The third kappa shape index (κ3) is 3.35. The first kappa shape index (κ1) is 14.7. The van der Waals surface area contributed by atoms with Crippen LogP contribution in [0.3, 0.4) is 0 Å². The van der Waals surface area contributed by atoms with Crippen molar-refractivity contribution >= 4 is 39.5 Å². The average molecular weight is 330 g/mol. The zero-order chi connectivity index (χ0) is 15.5. The molecular weight excluding hydrogens is 316 g/mol. The summed E-state index contributed by atoms with van der Waals surface area (Å²) in [4.78, 5) is 17.4. The topological polar surface area (TPSA) is 62.2 Å². The van der Waals surface area contributed by atoms with Crippen molar-refractivity contribution in [1.29, 1.82) is 0 Å². The van der Waals surface area contributed by atoms with Gasteiger partial charge >= 0.3 is 5.97 Å². The second-order valence-electron chi connectivity index (χ2n) is 4.83. The lowest BCUT2D eigenvalue weighted by Crippen LogP contribution is -1.98. The lowest BCUT2D eigenvalue weighted by atomic mass is 10.2. The van der Waals surface area contributed by atoms with Gasteiger partial charge in [0.25, 0.3) is 0 Å². The fourth-order valence-corrected chi connectivity index (χ4v) is 3.82. The molecule has 22 heavy (non-hydrogen) atoms. The second kappa shape index (κ2) is 6.29. The minimum Gasteiger partial charge on any atom is -0.481 e. The summed E-state index contributed by atoms with van der Waals surface area (Å²) >= 11 is 2.95. The van der Waals surface area contributed by atoms with Crippen LogP contribution in [0.25, 0.3) is 10.6 Å². The number of aromatic nitrogens is 1. The Kier molecular flexibility index (Phi) is 4.22. The molecule has 0 aliphatic rings. The van der Waals surface area contributed by atoms with Crippen molar-refractivity contribution in [3.8, 4) is 10.6 Å². The predicted molar refractivity (Wildman–Crippen MR) is 91.2 cm³/mol. The molecular formula is C16H14N2O2S2. The number of aryl methyl sites for hydroxylation is 1. The van der Waals surface area contributed by atoms with Crippen molar-refractivity contribution in [2.24, 2.45) is 0 Å². The molecule has 3 rings (SSSR count). The van der Waals surface area contributed by atoms with Crippen LogP contribution in [-0.4, -0.2) is 16.1 Å². The molecule has 0 spiro atoms. The van der Waals surface area contributed by atoms with E-state index < -0.39 is 5.97 Å². The number of rotatable bonds is 5. The second-order valence-corrected chi connectivity index (χ2v) is 6.86. The maximum atomic E-state index is 11.1.